The molecule has 0 aliphatic carbocycles. The summed E-state index contributed by atoms with van der Waals surface area (Å²) in [6, 6.07) is 9.15. The largest absolute Gasteiger partial charge is 0.416 e. The summed E-state index contributed by atoms with van der Waals surface area (Å²) in [6.07, 6.45) is 11.4. The number of rotatable bonds is 4. The second-order valence-electron chi connectivity index (χ2n) is 10.8. The number of sulfonamides is 1. The van der Waals surface area contributed by atoms with Crippen LogP contribution in [0.1, 0.15) is 32.1 Å². The quantitative estimate of drug-likeness (QED) is 0.440. The highest BCUT2D eigenvalue weighted by Crippen LogP contribution is 2.36. The molecule has 12 heteroatoms. The van der Waals surface area contributed by atoms with Crippen molar-refractivity contribution < 1.29 is 22.7 Å². The molecular formula is C29H36N6O5S. The Morgan fingerprint density at radius 2 is 1.73 bits per heavy atom. The van der Waals surface area contributed by atoms with E-state index in [4.69, 9.17) is 14.3 Å². The van der Waals surface area contributed by atoms with E-state index in [1.54, 1.807) is 24.4 Å². The number of hydrogen-bond acceptors (Lipinski definition) is 10. The van der Waals surface area contributed by atoms with Crippen molar-refractivity contribution in [3.8, 4) is 22.9 Å². The standard InChI is InChI=1S/C29H36N6O5S/c36-16-18-41(37,38)33-23-4-5-25-26(20-23)34-14-9-24(10-15-34)39-17-2-1-3-21-7-12-35(13-8-21)27-19-22(6-11-30-27)28-31-32-29(25)40-28/h1-2,4-6,11,19-21,24,33,36H,3,7-10,12-18H2/b2-1-. The van der Waals surface area contributed by atoms with Crippen LogP contribution in [0.4, 0.5) is 17.2 Å². The molecule has 2 aromatic heterocycles. The minimum Gasteiger partial charge on any atom is -0.416 e. The first kappa shape index (κ1) is 27.7. The summed E-state index contributed by atoms with van der Waals surface area (Å²) in [5.74, 6) is 1.95. The number of hydrogen-bond donors (Lipinski definition) is 2. The van der Waals surface area contributed by atoms with Crippen LogP contribution >= 0.6 is 0 Å². The van der Waals surface area contributed by atoms with Crippen molar-refractivity contribution in [3.05, 3.63) is 48.7 Å². The average molecular weight is 581 g/mol. The summed E-state index contributed by atoms with van der Waals surface area (Å²) in [5, 5.41) is 17.9. The highest BCUT2D eigenvalue weighted by atomic mass is 32.2. The first-order chi connectivity index (χ1) is 20.0. The molecule has 2 fully saturated rings. The third kappa shape index (κ3) is 6.55. The van der Waals surface area contributed by atoms with Crippen molar-refractivity contribution in [2.75, 3.05) is 59.7 Å². The van der Waals surface area contributed by atoms with Gasteiger partial charge in [-0.3, -0.25) is 4.72 Å². The molecule has 0 atom stereocenters. The van der Waals surface area contributed by atoms with Crippen LogP contribution in [0, 0.1) is 5.92 Å². The van der Waals surface area contributed by atoms with Crippen molar-refractivity contribution in [1.82, 2.24) is 15.2 Å². The molecule has 0 amide bonds. The summed E-state index contributed by atoms with van der Waals surface area (Å²) in [5.41, 5.74) is 2.73. The predicted octanol–water partition coefficient (Wildman–Crippen LogP) is 3.69. The molecule has 11 nitrogen and oxygen atoms in total. The number of aromatic nitrogens is 3. The van der Waals surface area contributed by atoms with E-state index in [0.29, 0.717) is 30.0 Å². The summed E-state index contributed by atoms with van der Waals surface area (Å²) in [6.45, 7) is 3.54. The molecule has 0 unspecified atom stereocenters. The molecule has 0 spiro atoms. The van der Waals surface area contributed by atoms with Crippen LogP contribution in [-0.2, 0) is 14.8 Å². The molecule has 8 bridgehead atoms. The van der Waals surface area contributed by atoms with Gasteiger partial charge >= 0.3 is 0 Å². The Balaban J connectivity index is 1.35. The molecule has 41 heavy (non-hydrogen) atoms. The zero-order valence-corrected chi connectivity index (χ0v) is 23.8. The second-order valence-corrected chi connectivity index (χ2v) is 12.7. The number of piperidine rings is 2. The molecular weight excluding hydrogens is 544 g/mol. The van der Waals surface area contributed by atoms with Crippen LogP contribution in [0.3, 0.4) is 0 Å². The lowest BCUT2D eigenvalue weighted by molar-refractivity contribution is 0.0561. The fourth-order valence-corrected chi connectivity index (χ4v) is 6.60. The first-order valence-electron chi connectivity index (χ1n) is 14.3. The van der Waals surface area contributed by atoms with Gasteiger partial charge < -0.3 is 24.1 Å². The van der Waals surface area contributed by atoms with Crippen molar-refractivity contribution in [2.24, 2.45) is 5.92 Å². The lowest BCUT2D eigenvalue weighted by Crippen LogP contribution is -2.37. The fourth-order valence-electron chi connectivity index (χ4n) is 5.77. The first-order valence-corrected chi connectivity index (χ1v) is 15.9. The van der Waals surface area contributed by atoms with Crippen molar-refractivity contribution >= 4 is 27.2 Å². The molecule has 6 aliphatic rings. The third-order valence-electron chi connectivity index (χ3n) is 8.06. The van der Waals surface area contributed by atoms with Crippen molar-refractivity contribution in [3.63, 3.8) is 0 Å². The number of pyridine rings is 1. The molecule has 0 radical (unpaired) electrons. The van der Waals surface area contributed by atoms with Gasteiger partial charge in [0.05, 0.1) is 42.0 Å². The molecule has 0 saturated carbocycles. The number of ether oxygens (including phenoxy) is 1. The van der Waals surface area contributed by atoms with Gasteiger partial charge in [-0.2, -0.15) is 0 Å². The Kier molecular flexibility index (Phi) is 8.22. The van der Waals surface area contributed by atoms with Crippen LogP contribution in [0.5, 0.6) is 0 Å². The van der Waals surface area contributed by atoms with E-state index in [9.17, 15) is 8.42 Å². The minimum absolute atomic E-state index is 0.164. The van der Waals surface area contributed by atoms with Gasteiger partial charge in [-0.25, -0.2) is 13.4 Å². The van der Waals surface area contributed by atoms with Crippen molar-refractivity contribution in [2.45, 2.75) is 38.2 Å². The van der Waals surface area contributed by atoms with E-state index in [1.165, 1.54) is 0 Å². The highest BCUT2D eigenvalue weighted by molar-refractivity contribution is 7.92. The summed E-state index contributed by atoms with van der Waals surface area (Å²) >= 11 is 0. The zero-order chi connectivity index (χ0) is 28.2. The maximum Gasteiger partial charge on any atom is 0.250 e. The van der Waals surface area contributed by atoms with Gasteiger partial charge in [0.1, 0.15) is 5.82 Å². The molecule has 9 rings (SSSR count). The molecule has 2 saturated heterocycles. The predicted molar refractivity (Wildman–Crippen MR) is 157 cm³/mol. The number of nitrogens with zero attached hydrogens (tertiary/aromatic N) is 5. The van der Waals surface area contributed by atoms with E-state index in [1.807, 2.05) is 12.1 Å². The third-order valence-corrected chi connectivity index (χ3v) is 9.33. The van der Waals surface area contributed by atoms with Gasteiger partial charge in [0.2, 0.25) is 21.8 Å². The van der Waals surface area contributed by atoms with Gasteiger partial charge in [-0.1, -0.05) is 12.2 Å². The van der Waals surface area contributed by atoms with E-state index in [0.717, 1.165) is 80.9 Å². The molecule has 3 aromatic rings. The summed E-state index contributed by atoms with van der Waals surface area (Å²) < 4.78 is 39.7. The Bertz CT molecular complexity index is 1480. The lowest BCUT2D eigenvalue weighted by Gasteiger charge is -2.34. The van der Waals surface area contributed by atoms with Crippen LogP contribution in [-0.4, -0.2) is 80.0 Å². The number of anilines is 3. The van der Waals surface area contributed by atoms with Crippen LogP contribution < -0.4 is 14.5 Å². The van der Waals surface area contributed by atoms with Crippen LogP contribution in [0.25, 0.3) is 22.9 Å². The number of aliphatic hydroxyl groups is 1. The van der Waals surface area contributed by atoms with Gasteiger partial charge in [0.25, 0.3) is 0 Å². The van der Waals surface area contributed by atoms with E-state index < -0.39 is 16.6 Å². The Morgan fingerprint density at radius 3 is 2.54 bits per heavy atom. The molecule has 1 aromatic carbocycles. The van der Waals surface area contributed by atoms with E-state index in [-0.39, 0.29) is 11.9 Å². The normalized spacial score (nSPS) is 22.2. The van der Waals surface area contributed by atoms with Crippen molar-refractivity contribution in [1.29, 1.82) is 0 Å². The summed E-state index contributed by atoms with van der Waals surface area (Å²) in [4.78, 5) is 9.13. The molecule has 218 valence electrons. The van der Waals surface area contributed by atoms with E-state index >= 15 is 0 Å². The molecule has 8 heterocycles. The summed E-state index contributed by atoms with van der Waals surface area (Å²) in [7, 11) is -3.68. The van der Waals surface area contributed by atoms with Gasteiger partial charge in [0.15, 0.2) is 0 Å². The molecule has 2 N–H and O–H groups in total. The SMILES string of the molecule is O=S(=O)(CCO)Nc1ccc2c(c1)N1CCC(CC1)OC/C=C\CC1CCN(CC1)c1cc(ccn1)-c1nnc-2o1. The Morgan fingerprint density at radius 1 is 0.951 bits per heavy atom. The minimum atomic E-state index is -3.68. The van der Waals surface area contributed by atoms with Crippen LogP contribution in [0.2, 0.25) is 0 Å². The monoisotopic (exact) mass is 580 g/mol. The fraction of sp³-hybridized carbons (Fsp3) is 0.483. The molecule has 6 aliphatic heterocycles. The number of allylic oxidation sites excluding steroid dienone is 1. The van der Waals surface area contributed by atoms with E-state index in [2.05, 4.69) is 41.9 Å². The number of benzene rings is 1. The zero-order valence-electron chi connectivity index (χ0n) is 23.0. The second kappa shape index (κ2) is 12.2. The maximum atomic E-state index is 12.4. The topological polar surface area (TPSA) is 134 Å². The lowest BCUT2D eigenvalue weighted by atomic mass is 9.93. The van der Waals surface area contributed by atoms with Gasteiger partial charge in [0, 0.05) is 37.9 Å². The van der Waals surface area contributed by atoms with Crippen LogP contribution in [0.15, 0.2) is 53.1 Å². The smallest absolute Gasteiger partial charge is 0.250 e. The maximum absolute atomic E-state index is 12.4. The Hall–Kier alpha value is -3.48. The number of aliphatic hydroxyl groups excluding tert-OH is 1. The van der Waals surface area contributed by atoms with Gasteiger partial charge in [-0.15, -0.1) is 10.2 Å². The Labute approximate surface area is 240 Å². The highest BCUT2D eigenvalue weighted by Gasteiger charge is 2.26. The number of nitrogens with one attached hydrogen (secondary N) is 1. The van der Waals surface area contributed by atoms with Gasteiger partial charge in [-0.05, 0) is 68.4 Å². The average Bonchev–Trinajstić information content (AvgIpc) is 3.47.